The van der Waals surface area contributed by atoms with Crippen molar-refractivity contribution in [3.05, 3.63) is 42.2 Å². The van der Waals surface area contributed by atoms with E-state index in [4.69, 9.17) is 4.74 Å². The number of thioether (sulfide) groups is 1. The van der Waals surface area contributed by atoms with Gasteiger partial charge in [0.15, 0.2) is 0 Å². The number of carbonyl (C=O) groups excluding carboxylic acids is 2. The number of methoxy groups -OCH3 is 1. The van der Waals surface area contributed by atoms with Crippen molar-refractivity contribution in [1.82, 2.24) is 24.8 Å². The van der Waals surface area contributed by atoms with Gasteiger partial charge in [-0.1, -0.05) is 23.4 Å². The number of esters is 1. The Morgan fingerprint density at radius 1 is 1.12 bits per heavy atom. The molecule has 8 nitrogen and oxygen atoms in total. The second-order valence-corrected chi connectivity index (χ2v) is 10.7. The second-order valence-electron chi connectivity index (χ2n) is 9.70. The standard InChI is InChI=1S/C25H33N5O3S/c1-33-25(32)18-7-10-28(11-8-18)24(31)23-16-29-12-9-19(23)13-21(29)15-30-14-20(26-27-30)17-34-22-5-3-2-4-6-22/h2-6,14,18-19,21,23H,7-13,15-17H2,1H3/t19-,21+,23+/m0/s1. The Hall–Kier alpha value is -2.39. The molecule has 2 bridgehead atoms. The molecule has 4 aliphatic rings. The van der Waals surface area contributed by atoms with Crippen LogP contribution in [0.15, 0.2) is 41.4 Å². The molecule has 0 saturated carbocycles. The third kappa shape index (κ3) is 5.15. The maximum absolute atomic E-state index is 13.3. The number of carbonyl (C=O) groups is 2. The van der Waals surface area contributed by atoms with Crippen LogP contribution in [0.5, 0.6) is 0 Å². The zero-order chi connectivity index (χ0) is 23.5. The minimum atomic E-state index is -0.146. The first-order chi connectivity index (χ1) is 16.6. The molecule has 4 fully saturated rings. The fourth-order valence-electron chi connectivity index (χ4n) is 5.73. The molecule has 1 unspecified atom stereocenters. The molecular formula is C25H33N5O3S. The number of nitrogens with zero attached hydrogens (tertiary/aromatic N) is 5. The van der Waals surface area contributed by atoms with Gasteiger partial charge in [0.05, 0.1) is 31.2 Å². The normalized spacial score (nSPS) is 27.0. The number of fused-ring (bicyclic) bond motifs is 3. The molecular weight excluding hydrogens is 450 g/mol. The van der Waals surface area contributed by atoms with Crippen molar-refractivity contribution in [3.63, 3.8) is 0 Å². The van der Waals surface area contributed by atoms with Gasteiger partial charge < -0.3 is 9.64 Å². The molecule has 5 heterocycles. The first kappa shape index (κ1) is 23.4. The smallest absolute Gasteiger partial charge is 0.308 e. The maximum Gasteiger partial charge on any atom is 0.308 e. The summed E-state index contributed by atoms with van der Waals surface area (Å²) in [6.07, 6.45) is 5.59. The van der Waals surface area contributed by atoms with Crippen LogP contribution < -0.4 is 0 Å². The van der Waals surface area contributed by atoms with Crippen molar-refractivity contribution in [2.45, 2.75) is 48.9 Å². The molecule has 0 N–H and O–H groups in total. The summed E-state index contributed by atoms with van der Waals surface area (Å²) >= 11 is 1.77. The first-order valence-corrected chi connectivity index (χ1v) is 13.3. The van der Waals surface area contributed by atoms with E-state index >= 15 is 0 Å². The molecule has 4 aliphatic heterocycles. The summed E-state index contributed by atoms with van der Waals surface area (Å²) in [5, 5.41) is 8.74. The number of benzene rings is 1. The van der Waals surface area contributed by atoms with Gasteiger partial charge in [-0.3, -0.25) is 19.2 Å². The molecule has 0 spiro atoms. The topological polar surface area (TPSA) is 80.6 Å². The van der Waals surface area contributed by atoms with Gasteiger partial charge in [0.25, 0.3) is 0 Å². The van der Waals surface area contributed by atoms with Gasteiger partial charge in [0, 0.05) is 42.5 Å². The molecule has 6 rings (SSSR count). The number of piperidine rings is 4. The van der Waals surface area contributed by atoms with Crippen LogP contribution in [0.1, 0.15) is 31.4 Å². The van der Waals surface area contributed by atoms with Crippen molar-refractivity contribution >= 4 is 23.6 Å². The number of hydrogen-bond donors (Lipinski definition) is 0. The summed E-state index contributed by atoms with van der Waals surface area (Å²) in [6, 6.07) is 10.8. The van der Waals surface area contributed by atoms with E-state index in [2.05, 4.69) is 33.5 Å². The van der Waals surface area contributed by atoms with Crippen LogP contribution in [-0.4, -0.2) is 76.0 Å². The Morgan fingerprint density at radius 2 is 1.91 bits per heavy atom. The summed E-state index contributed by atoms with van der Waals surface area (Å²) in [5.41, 5.74) is 0.994. The van der Waals surface area contributed by atoms with Crippen molar-refractivity contribution < 1.29 is 14.3 Å². The molecule has 0 radical (unpaired) electrons. The van der Waals surface area contributed by atoms with Gasteiger partial charge in [0.1, 0.15) is 0 Å². The van der Waals surface area contributed by atoms with Crippen LogP contribution in [0.3, 0.4) is 0 Å². The van der Waals surface area contributed by atoms with Crippen LogP contribution in [0, 0.1) is 17.8 Å². The number of amides is 1. The van der Waals surface area contributed by atoms with Crippen molar-refractivity contribution in [1.29, 1.82) is 0 Å². The SMILES string of the molecule is COC(=O)C1CCN(C(=O)[C@@H]2CN3CC[C@H]2C[C@@H]3Cn2cc(CSc3ccccc3)nn2)CC1. The average Bonchev–Trinajstić information content (AvgIpc) is 3.35. The molecule has 34 heavy (non-hydrogen) atoms. The van der Waals surface area contributed by atoms with E-state index in [0.717, 1.165) is 43.9 Å². The maximum atomic E-state index is 13.3. The molecule has 9 heteroatoms. The lowest BCUT2D eigenvalue weighted by Gasteiger charge is -2.50. The summed E-state index contributed by atoms with van der Waals surface area (Å²) < 4.78 is 6.85. The van der Waals surface area contributed by atoms with E-state index in [1.54, 1.807) is 11.8 Å². The van der Waals surface area contributed by atoms with Crippen LogP contribution in [0.25, 0.3) is 0 Å². The molecule has 4 atom stereocenters. The number of ether oxygens (including phenoxy) is 1. The fraction of sp³-hybridized carbons (Fsp3) is 0.600. The fourth-order valence-corrected chi connectivity index (χ4v) is 6.52. The van der Waals surface area contributed by atoms with Gasteiger partial charge in [-0.25, -0.2) is 0 Å². The van der Waals surface area contributed by atoms with E-state index in [1.165, 1.54) is 12.0 Å². The van der Waals surface area contributed by atoms with Crippen LogP contribution >= 0.6 is 11.8 Å². The van der Waals surface area contributed by atoms with E-state index in [1.807, 2.05) is 27.8 Å². The Morgan fingerprint density at radius 3 is 2.62 bits per heavy atom. The Labute approximate surface area is 205 Å². The van der Waals surface area contributed by atoms with Crippen LogP contribution in [-0.2, 0) is 26.6 Å². The van der Waals surface area contributed by atoms with Gasteiger partial charge >= 0.3 is 5.97 Å². The molecule has 0 aliphatic carbocycles. The number of aromatic nitrogens is 3. The predicted octanol–water partition coefficient (Wildman–Crippen LogP) is 2.69. The quantitative estimate of drug-likeness (QED) is 0.442. The van der Waals surface area contributed by atoms with Crippen molar-refractivity contribution in [2.75, 3.05) is 33.3 Å². The Bertz CT molecular complexity index is 991. The highest BCUT2D eigenvalue weighted by atomic mass is 32.2. The van der Waals surface area contributed by atoms with Crippen LogP contribution in [0.4, 0.5) is 0 Å². The molecule has 4 saturated heterocycles. The third-order valence-corrected chi connectivity index (χ3v) is 8.70. The molecule has 182 valence electrons. The Kier molecular flexibility index (Phi) is 7.20. The predicted molar refractivity (Wildman–Crippen MR) is 129 cm³/mol. The van der Waals surface area contributed by atoms with E-state index in [9.17, 15) is 9.59 Å². The zero-order valence-corrected chi connectivity index (χ0v) is 20.5. The lowest BCUT2D eigenvalue weighted by atomic mass is 9.74. The van der Waals surface area contributed by atoms with E-state index in [0.29, 0.717) is 37.9 Å². The minimum Gasteiger partial charge on any atom is -0.469 e. The van der Waals surface area contributed by atoms with E-state index in [-0.39, 0.29) is 23.7 Å². The van der Waals surface area contributed by atoms with E-state index < -0.39 is 0 Å². The highest BCUT2D eigenvalue weighted by Gasteiger charge is 2.45. The monoisotopic (exact) mass is 483 g/mol. The molecule has 1 amide bonds. The minimum absolute atomic E-state index is 0.0661. The van der Waals surface area contributed by atoms with Gasteiger partial charge in [0.2, 0.25) is 5.91 Å². The first-order valence-electron chi connectivity index (χ1n) is 12.3. The Balaban J connectivity index is 1.12. The average molecular weight is 484 g/mol. The summed E-state index contributed by atoms with van der Waals surface area (Å²) in [7, 11) is 1.44. The van der Waals surface area contributed by atoms with Gasteiger partial charge in [-0.2, -0.15) is 0 Å². The highest BCUT2D eigenvalue weighted by molar-refractivity contribution is 7.98. The number of hydrogen-bond acceptors (Lipinski definition) is 7. The van der Waals surface area contributed by atoms with Crippen molar-refractivity contribution in [2.24, 2.45) is 17.8 Å². The number of rotatable bonds is 7. The van der Waals surface area contributed by atoms with Gasteiger partial charge in [-0.15, -0.1) is 16.9 Å². The number of likely N-dealkylation sites (tertiary alicyclic amines) is 1. The van der Waals surface area contributed by atoms with Crippen molar-refractivity contribution in [3.8, 4) is 0 Å². The van der Waals surface area contributed by atoms with Crippen LogP contribution in [0.2, 0.25) is 0 Å². The largest absolute Gasteiger partial charge is 0.469 e. The molecule has 1 aromatic carbocycles. The zero-order valence-electron chi connectivity index (χ0n) is 19.7. The molecule has 2 aromatic rings. The second kappa shape index (κ2) is 10.5. The lowest BCUT2D eigenvalue weighted by molar-refractivity contribution is -0.152. The molecule has 1 aromatic heterocycles. The van der Waals surface area contributed by atoms with Gasteiger partial charge in [-0.05, 0) is 50.3 Å². The summed E-state index contributed by atoms with van der Waals surface area (Å²) in [4.78, 5) is 30.8. The third-order valence-electron chi connectivity index (χ3n) is 7.65. The lowest BCUT2D eigenvalue weighted by Crippen LogP contribution is -2.59. The summed E-state index contributed by atoms with van der Waals surface area (Å²) in [6.45, 7) is 4.03. The summed E-state index contributed by atoms with van der Waals surface area (Å²) in [5.74, 6) is 1.38. The highest BCUT2D eigenvalue weighted by Crippen LogP contribution is 2.38.